The topological polar surface area (TPSA) is 68.0 Å². The fourth-order valence-electron chi connectivity index (χ4n) is 1.38. The van der Waals surface area contributed by atoms with Crippen molar-refractivity contribution in [3.05, 3.63) is 47.3 Å². The van der Waals surface area contributed by atoms with Crippen LogP contribution in [0.15, 0.2) is 30.5 Å². The molecular weight excluding hydrogens is 206 g/mol. The van der Waals surface area contributed by atoms with Gasteiger partial charge in [-0.15, -0.1) is 5.10 Å². The van der Waals surface area contributed by atoms with Crippen molar-refractivity contribution in [3.63, 3.8) is 0 Å². The van der Waals surface area contributed by atoms with E-state index in [0.29, 0.717) is 18.5 Å². The third-order valence-electron chi connectivity index (χ3n) is 2.23. The molecule has 0 amide bonds. The molecule has 0 fully saturated rings. The minimum atomic E-state index is 0.0406. The number of carbonyl (C=O) groups is 1. The Labute approximate surface area is 92.3 Å². The van der Waals surface area contributed by atoms with Gasteiger partial charge >= 0.3 is 0 Å². The molecule has 0 aliphatic rings. The van der Waals surface area contributed by atoms with Gasteiger partial charge in [-0.2, -0.15) is 0 Å². The Morgan fingerprint density at radius 3 is 2.50 bits per heavy atom. The molecule has 0 aliphatic carbocycles. The maximum atomic E-state index is 10.4. The lowest BCUT2D eigenvalue weighted by Crippen LogP contribution is -2.00. The summed E-state index contributed by atoms with van der Waals surface area (Å²) in [5, 5.41) is 16.4. The van der Waals surface area contributed by atoms with Gasteiger partial charge in [-0.3, -0.25) is 4.79 Å². The van der Waals surface area contributed by atoms with Crippen LogP contribution in [0.3, 0.4) is 0 Å². The molecule has 0 saturated carbocycles. The summed E-state index contributed by atoms with van der Waals surface area (Å²) in [6.45, 7) is 0.603. The van der Waals surface area contributed by atoms with E-state index in [9.17, 15) is 4.79 Å². The highest BCUT2D eigenvalue weighted by Crippen LogP contribution is 2.05. The van der Waals surface area contributed by atoms with Gasteiger partial charge in [0.1, 0.15) is 5.69 Å². The summed E-state index contributed by atoms with van der Waals surface area (Å²) in [5.74, 6) is 0. The van der Waals surface area contributed by atoms with Gasteiger partial charge in [0.2, 0.25) is 0 Å². The zero-order valence-corrected chi connectivity index (χ0v) is 8.58. The van der Waals surface area contributed by atoms with Gasteiger partial charge in [-0.05, 0) is 11.1 Å². The van der Waals surface area contributed by atoms with Gasteiger partial charge in [-0.25, -0.2) is 4.68 Å². The maximum absolute atomic E-state index is 10.4. The molecule has 0 aliphatic heterocycles. The number of rotatable bonds is 4. The van der Waals surface area contributed by atoms with Gasteiger partial charge in [0, 0.05) is 0 Å². The molecule has 1 aromatic heterocycles. The number of aromatic nitrogens is 3. The highest BCUT2D eigenvalue weighted by molar-refractivity contribution is 5.70. The first-order valence-electron chi connectivity index (χ1n) is 4.86. The van der Waals surface area contributed by atoms with E-state index < -0.39 is 0 Å². The largest absolute Gasteiger partial charge is 0.392 e. The number of aliphatic hydroxyl groups is 1. The molecule has 0 radical (unpaired) electrons. The Balaban J connectivity index is 2.10. The Morgan fingerprint density at radius 2 is 1.94 bits per heavy atom. The van der Waals surface area contributed by atoms with Crippen LogP contribution in [0.1, 0.15) is 21.6 Å². The number of nitrogens with zero attached hydrogens (tertiary/aromatic N) is 3. The number of aliphatic hydroxyl groups excluding tert-OH is 1. The van der Waals surface area contributed by atoms with Crippen molar-refractivity contribution in [3.8, 4) is 0 Å². The number of benzene rings is 1. The van der Waals surface area contributed by atoms with Crippen LogP contribution >= 0.6 is 0 Å². The molecule has 5 heteroatoms. The van der Waals surface area contributed by atoms with Crippen molar-refractivity contribution in [2.45, 2.75) is 13.2 Å². The van der Waals surface area contributed by atoms with Crippen molar-refractivity contribution in [2.75, 3.05) is 0 Å². The lowest BCUT2D eigenvalue weighted by Gasteiger charge is -2.01. The summed E-state index contributed by atoms with van der Waals surface area (Å²) in [6.07, 6.45) is 2.26. The predicted molar refractivity (Wildman–Crippen MR) is 56.9 cm³/mol. The van der Waals surface area contributed by atoms with E-state index in [4.69, 9.17) is 5.11 Å². The van der Waals surface area contributed by atoms with Crippen LogP contribution in [0.4, 0.5) is 0 Å². The molecular formula is C11H11N3O2. The summed E-state index contributed by atoms with van der Waals surface area (Å²) in [5.41, 5.74) is 2.24. The lowest BCUT2D eigenvalue weighted by molar-refractivity contribution is 0.111. The van der Waals surface area contributed by atoms with Crippen molar-refractivity contribution < 1.29 is 9.90 Å². The minimum absolute atomic E-state index is 0.0406. The maximum Gasteiger partial charge on any atom is 0.171 e. The summed E-state index contributed by atoms with van der Waals surface area (Å²) in [4.78, 5) is 10.4. The number of hydrogen-bond acceptors (Lipinski definition) is 4. The van der Waals surface area contributed by atoms with Crippen LogP contribution in [0.2, 0.25) is 0 Å². The van der Waals surface area contributed by atoms with Crippen LogP contribution in [0.5, 0.6) is 0 Å². The quantitative estimate of drug-likeness (QED) is 0.763. The molecule has 82 valence electrons. The lowest BCUT2D eigenvalue weighted by atomic mass is 10.1. The van der Waals surface area contributed by atoms with Crippen LogP contribution in [-0.2, 0) is 13.2 Å². The minimum Gasteiger partial charge on any atom is -0.392 e. The second-order valence-electron chi connectivity index (χ2n) is 3.43. The Kier molecular flexibility index (Phi) is 3.07. The normalized spacial score (nSPS) is 10.3. The van der Waals surface area contributed by atoms with E-state index in [0.717, 1.165) is 11.1 Å². The summed E-state index contributed by atoms with van der Waals surface area (Å²) >= 11 is 0. The average molecular weight is 217 g/mol. The fraction of sp³-hybridized carbons (Fsp3) is 0.182. The molecule has 1 heterocycles. The van der Waals surface area contributed by atoms with E-state index in [1.54, 1.807) is 10.9 Å². The molecule has 1 aromatic carbocycles. The molecule has 5 nitrogen and oxygen atoms in total. The molecule has 16 heavy (non-hydrogen) atoms. The van der Waals surface area contributed by atoms with Crippen LogP contribution in [0.25, 0.3) is 0 Å². The zero-order valence-electron chi connectivity index (χ0n) is 8.58. The SMILES string of the molecule is O=Cc1cn(Cc2ccc(CO)cc2)nn1. The summed E-state index contributed by atoms with van der Waals surface area (Å²) < 4.78 is 1.59. The first-order valence-corrected chi connectivity index (χ1v) is 4.86. The van der Waals surface area contributed by atoms with Crippen molar-refractivity contribution in [1.82, 2.24) is 15.0 Å². The first kappa shape index (κ1) is 10.5. The predicted octanol–water partition coefficient (Wildman–Crippen LogP) is 0.631. The summed E-state index contributed by atoms with van der Waals surface area (Å²) in [7, 11) is 0. The molecule has 2 aromatic rings. The Hall–Kier alpha value is -2.01. The highest BCUT2D eigenvalue weighted by atomic mass is 16.3. The van der Waals surface area contributed by atoms with E-state index in [2.05, 4.69) is 10.3 Å². The Bertz CT molecular complexity index is 476. The van der Waals surface area contributed by atoms with Crippen molar-refractivity contribution in [1.29, 1.82) is 0 Å². The first-order chi connectivity index (χ1) is 7.81. The third-order valence-corrected chi connectivity index (χ3v) is 2.23. The molecule has 1 N–H and O–H groups in total. The number of hydrogen-bond donors (Lipinski definition) is 1. The van der Waals surface area contributed by atoms with Gasteiger partial charge in [0.15, 0.2) is 6.29 Å². The van der Waals surface area contributed by atoms with Crippen LogP contribution in [-0.4, -0.2) is 26.4 Å². The molecule has 0 saturated heterocycles. The molecule has 0 spiro atoms. The van der Waals surface area contributed by atoms with Crippen molar-refractivity contribution >= 4 is 6.29 Å². The smallest absolute Gasteiger partial charge is 0.171 e. The third kappa shape index (κ3) is 2.32. The Morgan fingerprint density at radius 1 is 1.25 bits per heavy atom. The van der Waals surface area contributed by atoms with E-state index in [1.807, 2.05) is 24.3 Å². The van der Waals surface area contributed by atoms with Gasteiger partial charge in [0.05, 0.1) is 19.3 Å². The average Bonchev–Trinajstić information content (AvgIpc) is 2.78. The second kappa shape index (κ2) is 4.67. The van der Waals surface area contributed by atoms with E-state index >= 15 is 0 Å². The van der Waals surface area contributed by atoms with Gasteiger partial charge < -0.3 is 5.11 Å². The standard InChI is InChI=1S/C11H11N3O2/c15-7-10-3-1-9(2-4-10)5-14-6-11(8-16)12-13-14/h1-4,6,8,15H,5,7H2. The van der Waals surface area contributed by atoms with E-state index in [1.165, 1.54) is 0 Å². The number of aldehydes is 1. The number of carbonyl (C=O) groups excluding carboxylic acids is 1. The van der Waals surface area contributed by atoms with E-state index in [-0.39, 0.29) is 6.61 Å². The fourth-order valence-corrected chi connectivity index (χ4v) is 1.38. The second-order valence-corrected chi connectivity index (χ2v) is 3.43. The molecule has 2 rings (SSSR count). The molecule has 0 atom stereocenters. The van der Waals surface area contributed by atoms with Crippen molar-refractivity contribution in [2.24, 2.45) is 0 Å². The zero-order chi connectivity index (χ0) is 11.4. The van der Waals surface area contributed by atoms with Crippen LogP contribution < -0.4 is 0 Å². The highest BCUT2D eigenvalue weighted by Gasteiger charge is 2.00. The van der Waals surface area contributed by atoms with Crippen LogP contribution in [0, 0.1) is 0 Å². The summed E-state index contributed by atoms with van der Waals surface area (Å²) in [6, 6.07) is 7.53. The monoisotopic (exact) mass is 217 g/mol. The molecule has 0 unspecified atom stereocenters. The van der Waals surface area contributed by atoms with Gasteiger partial charge in [0.25, 0.3) is 0 Å². The van der Waals surface area contributed by atoms with Gasteiger partial charge in [-0.1, -0.05) is 29.5 Å². The molecule has 0 bridgehead atoms.